The Morgan fingerprint density at radius 3 is 2.12 bits per heavy atom. The topological polar surface area (TPSA) is 39.7 Å². The summed E-state index contributed by atoms with van der Waals surface area (Å²) in [6, 6.07) is 28.0. The molecule has 0 spiro atoms. The molecule has 1 aliphatic heterocycles. The van der Waals surface area contributed by atoms with Gasteiger partial charge in [-0.05, 0) is 48.3 Å². The number of benzene rings is 3. The Labute approximate surface area is 240 Å². The first-order chi connectivity index (χ1) is 19.6. The fourth-order valence-corrected chi connectivity index (χ4v) is 6.18. The first-order valence-corrected chi connectivity index (χ1v) is 15.0. The van der Waals surface area contributed by atoms with E-state index in [2.05, 4.69) is 77.4 Å². The molecule has 2 heterocycles. The number of nitrogens with zero attached hydrogens (tertiary/aromatic N) is 4. The van der Waals surface area contributed by atoms with E-state index >= 15 is 0 Å². The molecule has 0 N–H and O–H groups in total. The zero-order valence-corrected chi connectivity index (χ0v) is 23.9. The lowest BCUT2D eigenvalue weighted by molar-refractivity contribution is 0.0638. The Morgan fingerprint density at radius 1 is 0.900 bits per heavy atom. The molecule has 5 nitrogen and oxygen atoms in total. The Morgan fingerprint density at radius 2 is 1.52 bits per heavy atom. The van der Waals surface area contributed by atoms with Crippen LogP contribution in [-0.4, -0.2) is 64.9 Å². The predicted octanol–water partition coefficient (Wildman–Crippen LogP) is 6.28. The molecule has 7 heteroatoms. The van der Waals surface area contributed by atoms with Crippen LogP contribution in [0.2, 0.25) is 0 Å². The van der Waals surface area contributed by atoms with Gasteiger partial charge in [-0.25, -0.2) is 9.37 Å². The average Bonchev–Trinajstić information content (AvgIpc) is 3.47. The molecule has 208 valence electrons. The van der Waals surface area contributed by atoms with E-state index < -0.39 is 0 Å². The van der Waals surface area contributed by atoms with E-state index in [1.54, 1.807) is 11.3 Å². The molecule has 1 aromatic heterocycles. The third kappa shape index (κ3) is 7.42. The van der Waals surface area contributed by atoms with Gasteiger partial charge in [0.05, 0.1) is 6.54 Å². The van der Waals surface area contributed by atoms with Gasteiger partial charge in [-0.1, -0.05) is 79.7 Å². The highest BCUT2D eigenvalue weighted by Gasteiger charge is 2.24. The van der Waals surface area contributed by atoms with Crippen molar-refractivity contribution in [3.8, 4) is 0 Å². The molecule has 0 unspecified atom stereocenters. The highest BCUT2D eigenvalue weighted by atomic mass is 32.1. The number of likely N-dealkylation sites (N-methyl/N-ethyl adjacent to an activating group) is 1. The molecule has 4 aromatic rings. The maximum Gasteiger partial charge on any atom is 0.273 e. The zero-order valence-electron chi connectivity index (χ0n) is 23.1. The molecule has 1 saturated heterocycles. The molecule has 1 fully saturated rings. The number of rotatable bonds is 11. The summed E-state index contributed by atoms with van der Waals surface area (Å²) in [5.41, 5.74) is 4.18. The monoisotopic (exact) mass is 556 g/mol. The van der Waals surface area contributed by atoms with Crippen LogP contribution in [-0.2, 0) is 13.1 Å². The number of piperazine rings is 1. The van der Waals surface area contributed by atoms with E-state index in [0.29, 0.717) is 18.8 Å². The first-order valence-electron chi connectivity index (χ1n) is 14.1. The lowest BCUT2D eigenvalue weighted by Gasteiger charge is -2.33. The van der Waals surface area contributed by atoms with Crippen molar-refractivity contribution in [1.29, 1.82) is 0 Å². The summed E-state index contributed by atoms with van der Waals surface area (Å²) in [5, 5.41) is 2.82. The average molecular weight is 557 g/mol. The lowest BCUT2D eigenvalue weighted by Crippen LogP contribution is -2.48. The van der Waals surface area contributed by atoms with E-state index in [1.807, 2.05) is 22.4 Å². The number of thiazole rings is 1. The summed E-state index contributed by atoms with van der Waals surface area (Å²) in [4.78, 5) is 24.6. The van der Waals surface area contributed by atoms with Crippen molar-refractivity contribution in [2.24, 2.45) is 0 Å². The van der Waals surface area contributed by atoms with Crippen molar-refractivity contribution >= 4 is 17.2 Å². The van der Waals surface area contributed by atoms with E-state index in [1.165, 1.54) is 23.3 Å². The van der Waals surface area contributed by atoms with Crippen molar-refractivity contribution in [3.05, 3.63) is 124 Å². The smallest absolute Gasteiger partial charge is 0.273 e. The molecule has 5 rings (SSSR count). The second-order valence-electron chi connectivity index (χ2n) is 10.4. The van der Waals surface area contributed by atoms with Gasteiger partial charge in [0.15, 0.2) is 0 Å². The number of carbonyl (C=O) groups is 1. The third-order valence-electron chi connectivity index (χ3n) is 7.69. The van der Waals surface area contributed by atoms with Crippen LogP contribution in [0.25, 0.3) is 0 Å². The van der Waals surface area contributed by atoms with E-state index in [9.17, 15) is 9.18 Å². The summed E-state index contributed by atoms with van der Waals surface area (Å²) >= 11 is 1.54. The van der Waals surface area contributed by atoms with Gasteiger partial charge in [0, 0.05) is 44.0 Å². The van der Waals surface area contributed by atoms with Gasteiger partial charge in [0.2, 0.25) is 0 Å². The summed E-state index contributed by atoms with van der Waals surface area (Å²) in [7, 11) is 0. The van der Waals surface area contributed by atoms with Crippen LogP contribution in [0.15, 0.2) is 90.3 Å². The SMILES string of the molecule is CCN1CCN(C(=O)c2csc(CN(CCC(c3ccccc3)c3ccccc3)Cc3ccc(F)cc3)n2)CC1. The predicted molar refractivity (Wildman–Crippen MR) is 160 cm³/mol. The molecule has 1 amide bonds. The van der Waals surface area contributed by atoms with Crippen molar-refractivity contribution in [2.75, 3.05) is 39.3 Å². The first kappa shape index (κ1) is 28.1. The molecular formula is C33H37FN4OS. The Kier molecular flexibility index (Phi) is 9.71. The third-order valence-corrected chi connectivity index (χ3v) is 8.53. The molecule has 3 aromatic carbocycles. The Bertz CT molecular complexity index is 1300. The molecule has 0 aliphatic carbocycles. The van der Waals surface area contributed by atoms with Crippen LogP contribution in [0.5, 0.6) is 0 Å². The summed E-state index contributed by atoms with van der Waals surface area (Å²) < 4.78 is 13.6. The Balaban J connectivity index is 1.31. The summed E-state index contributed by atoms with van der Waals surface area (Å²) in [6.45, 7) is 8.63. The Hall–Kier alpha value is -3.39. The summed E-state index contributed by atoms with van der Waals surface area (Å²) in [5.74, 6) is 0.0521. The quantitative estimate of drug-likeness (QED) is 0.218. The van der Waals surface area contributed by atoms with Crippen LogP contribution < -0.4 is 0 Å². The molecule has 0 bridgehead atoms. The van der Waals surface area contributed by atoms with E-state index in [0.717, 1.165) is 56.3 Å². The van der Waals surface area contributed by atoms with Crippen molar-refractivity contribution < 1.29 is 9.18 Å². The van der Waals surface area contributed by atoms with Gasteiger partial charge in [-0.15, -0.1) is 11.3 Å². The van der Waals surface area contributed by atoms with Gasteiger partial charge >= 0.3 is 0 Å². The van der Waals surface area contributed by atoms with Crippen molar-refractivity contribution in [1.82, 2.24) is 19.7 Å². The number of carbonyl (C=O) groups excluding carboxylic acids is 1. The maximum atomic E-state index is 13.6. The normalized spacial score (nSPS) is 14.2. The minimum Gasteiger partial charge on any atom is -0.335 e. The minimum absolute atomic E-state index is 0.0246. The van der Waals surface area contributed by atoms with Gasteiger partial charge in [0.25, 0.3) is 5.91 Å². The molecule has 0 radical (unpaired) electrons. The number of amides is 1. The molecular weight excluding hydrogens is 519 g/mol. The van der Waals surface area contributed by atoms with E-state index in [4.69, 9.17) is 4.98 Å². The van der Waals surface area contributed by atoms with Gasteiger partial charge in [-0.3, -0.25) is 9.69 Å². The summed E-state index contributed by atoms with van der Waals surface area (Å²) in [6.07, 6.45) is 0.925. The highest BCUT2D eigenvalue weighted by molar-refractivity contribution is 7.09. The van der Waals surface area contributed by atoms with Crippen LogP contribution in [0.3, 0.4) is 0 Å². The molecule has 0 saturated carbocycles. The number of hydrogen-bond donors (Lipinski definition) is 0. The van der Waals surface area contributed by atoms with Crippen molar-refractivity contribution in [3.63, 3.8) is 0 Å². The number of halogens is 1. The van der Waals surface area contributed by atoms with Crippen LogP contribution in [0.1, 0.15) is 51.4 Å². The standard InChI is InChI=1S/C33H37FN4OS/c1-2-36-19-21-38(22-20-36)33(39)31-25-40-32(35-31)24-37(23-26-13-15-29(34)16-14-26)18-17-30(27-9-5-3-6-10-27)28-11-7-4-8-12-28/h3-16,25,30H,2,17-24H2,1H3. The fraction of sp³-hybridized carbons (Fsp3) is 0.333. The van der Waals surface area contributed by atoms with Crippen LogP contribution in [0, 0.1) is 5.82 Å². The van der Waals surface area contributed by atoms with Crippen LogP contribution >= 0.6 is 11.3 Å². The molecule has 40 heavy (non-hydrogen) atoms. The number of aromatic nitrogens is 1. The fourth-order valence-electron chi connectivity index (χ4n) is 5.37. The molecule has 0 atom stereocenters. The van der Waals surface area contributed by atoms with E-state index in [-0.39, 0.29) is 17.6 Å². The van der Waals surface area contributed by atoms with Crippen molar-refractivity contribution in [2.45, 2.75) is 32.4 Å². The van der Waals surface area contributed by atoms with Crippen LogP contribution in [0.4, 0.5) is 4.39 Å². The maximum absolute atomic E-state index is 13.6. The van der Waals surface area contributed by atoms with Gasteiger partial charge in [-0.2, -0.15) is 0 Å². The molecule has 1 aliphatic rings. The second kappa shape index (κ2) is 13.8. The lowest BCUT2D eigenvalue weighted by atomic mass is 9.88. The van der Waals surface area contributed by atoms with Gasteiger partial charge < -0.3 is 9.80 Å². The number of hydrogen-bond acceptors (Lipinski definition) is 5. The highest BCUT2D eigenvalue weighted by Crippen LogP contribution is 2.29. The minimum atomic E-state index is -0.230. The second-order valence-corrected chi connectivity index (χ2v) is 11.3. The zero-order chi connectivity index (χ0) is 27.7. The largest absolute Gasteiger partial charge is 0.335 e. The van der Waals surface area contributed by atoms with Gasteiger partial charge in [0.1, 0.15) is 16.5 Å².